The van der Waals surface area contributed by atoms with Crippen molar-refractivity contribution in [3.05, 3.63) is 54.6 Å². The van der Waals surface area contributed by atoms with Gasteiger partial charge in [-0.05, 0) is 18.6 Å². The Morgan fingerprint density at radius 3 is 2.67 bits per heavy atom. The molecular weight excluding hydrogens is 302 g/mol. The molecule has 0 aliphatic heterocycles. The first kappa shape index (κ1) is 16.2. The van der Waals surface area contributed by atoms with E-state index in [-0.39, 0.29) is 12.5 Å². The fourth-order valence-corrected chi connectivity index (χ4v) is 2.69. The van der Waals surface area contributed by atoms with E-state index in [9.17, 15) is 4.79 Å². The maximum Gasteiger partial charge on any atom is 0.240 e. The van der Waals surface area contributed by atoms with Gasteiger partial charge in [0.25, 0.3) is 0 Å². The average Bonchev–Trinajstić information content (AvgIpc) is 2.98. The largest absolute Gasteiger partial charge is 0.385 e. The van der Waals surface area contributed by atoms with Crippen molar-refractivity contribution in [3.8, 4) is 11.4 Å². The smallest absolute Gasteiger partial charge is 0.240 e. The molecule has 0 radical (unpaired) electrons. The minimum atomic E-state index is -0.0218. The highest BCUT2D eigenvalue weighted by molar-refractivity contribution is 5.84. The van der Waals surface area contributed by atoms with E-state index in [1.54, 1.807) is 7.11 Å². The molecule has 5 nitrogen and oxygen atoms in total. The molecule has 24 heavy (non-hydrogen) atoms. The van der Waals surface area contributed by atoms with Crippen LogP contribution in [0.15, 0.2) is 54.6 Å². The monoisotopic (exact) mass is 323 g/mol. The molecule has 5 heteroatoms. The molecule has 1 aromatic heterocycles. The van der Waals surface area contributed by atoms with Crippen molar-refractivity contribution in [2.24, 2.45) is 0 Å². The molecule has 0 unspecified atom stereocenters. The van der Waals surface area contributed by atoms with Gasteiger partial charge >= 0.3 is 0 Å². The van der Waals surface area contributed by atoms with Gasteiger partial charge < -0.3 is 14.6 Å². The molecule has 0 saturated carbocycles. The van der Waals surface area contributed by atoms with Crippen molar-refractivity contribution >= 4 is 16.9 Å². The Morgan fingerprint density at radius 1 is 1.12 bits per heavy atom. The number of methoxy groups -OCH3 is 1. The van der Waals surface area contributed by atoms with Crippen molar-refractivity contribution < 1.29 is 9.53 Å². The fraction of sp³-hybridized carbons (Fsp3) is 0.263. The number of imidazole rings is 1. The zero-order valence-corrected chi connectivity index (χ0v) is 13.7. The van der Waals surface area contributed by atoms with Crippen molar-refractivity contribution in [1.29, 1.82) is 0 Å². The highest BCUT2D eigenvalue weighted by Gasteiger charge is 2.14. The summed E-state index contributed by atoms with van der Waals surface area (Å²) < 4.78 is 6.97. The quantitative estimate of drug-likeness (QED) is 0.680. The van der Waals surface area contributed by atoms with Gasteiger partial charge in [0, 0.05) is 25.8 Å². The lowest BCUT2D eigenvalue weighted by Gasteiger charge is -2.10. The van der Waals surface area contributed by atoms with E-state index in [2.05, 4.69) is 5.32 Å². The number of aromatic nitrogens is 2. The molecule has 0 spiro atoms. The molecule has 0 aliphatic rings. The number of carbonyl (C=O) groups is 1. The first-order valence-electron chi connectivity index (χ1n) is 8.06. The number of fused-ring (bicyclic) bond motifs is 1. The number of ether oxygens (including phenoxy) is 1. The minimum absolute atomic E-state index is 0.0218. The fourth-order valence-electron chi connectivity index (χ4n) is 2.69. The number of amides is 1. The van der Waals surface area contributed by atoms with Gasteiger partial charge in [-0.1, -0.05) is 42.5 Å². The molecule has 0 aliphatic carbocycles. The van der Waals surface area contributed by atoms with Crippen LogP contribution in [0.4, 0.5) is 0 Å². The van der Waals surface area contributed by atoms with Gasteiger partial charge in [-0.2, -0.15) is 0 Å². The van der Waals surface area contributed by atoms with Crippen molar-refractivity contribution in [2.75, 3.05) is 20.3 Å². The Hall–Kier alpha value is -2.66. The lowest BCUT2D eigenvalue weighted by Crippen LogP contribution is -2.29. The molecule has 2 aromatic carbocycles. The van der Waals surface area contributed by atoms with Gasteiger partial charge in [-0.15, -0.1) is 0 Å². The highest BCUT2D eigenvalue weighted by Crippen LogP contribution is 2.24. The molecule has 0 fully saturated rings. The maximum atomic E-state index is 12.3. The second kappa shape index (κ2) is 7.75. The normalized spacial score (nSPS) is 10.9. The molecule has 124 valence electrons. The van der Waals surface area contributed by atoms with E-state index in [1.165, 1.54) is 0 Å². The van der Waals surface area contributed by atoms with E-state index >= 15 is 0 Å². The summed E-state index contributed by atoms with van der Waals surface area (Å²) in [6.45, 7) is 1.50. The standard InChI is InChI=1S/C19H21N3O2/c1-24-13-7-12-20-18(23)14-22-17-11-6-5-10-16(17)21-19(22)15-8-3-2-4-9-15/h2-6,8-11H,7,12-14H2,1H3,(H,20,23). The van der Waals surface area contributed by atoms with Crippen LogP contribution in [0.5, 0.6) is 0 Å². The Morgan fingerprint density at radius 2 is 1.88 bits per heavy atom. The Balaban J connectivity index is 1.87. The Kier molecular flexibility index (Phi) is 5.23. The van der Waals surface area contributed by atoms with Gasteiger partial charge in [0.2, 0.25) is 5.91 Å². The second-order valence-corrected chi connectivity index (χ2v) is 5.57. The predicted octanol–water partition coefficient (Wildman–Crippen LogP) is 2.86. The minimum Gasteiger partial charge on any atom is -0.385 e. The highest BCUT2D eigenvalue weighted by atomic mass is 16.5. The number of carbonyl (C=O) groups excluding carboxylic acids is 1. The van der Waals surface area contributed by atoms with Crippen LogP contribution in [0, 0.1) is 0 Å². The van der Waals surface area contributed by atoms with E-state index in [0.717, 1.165) is 28.8 Å². The Labute approximate surface area is 141 Å². The SMILES string of the molecule is COCCCNC(=O)Cn1c(-c2ccccc2)nc2ccccc21. The molecule has 1 heterocycles. The molecule has 0 atom stereocenters. The molecule has 0 saturated heterocycles. The number of nitrogens with zero attached hydrogens (tertiary/aromatic N) is 2. The molecule has 0 bridgehead atoms. The van der Waals surface area contributed by atoms with Gasteiger partial charge in [0.15, 0.2) is 0 Å². The third-order valence-corrected chi connectivity index (χ3v) is 3.84. The predicted molar refractivity (Wildman–Crippen MR) is 94.7 cm³/mol. The summed E-state index contributed by atoms with van der Waals surface area (Å²) in [7, 11) is 1.66. The summed E-state index contributed by atoms with van der Waals surface area (Å²) in [6.07, 6.45) is 0.804. The van der Waals surface area contributed by atoms with Gasteiger partial charge in [-0.3, -0.25) is 4.79 Å². The lowest BCUT2D eigenvalue weighted by molar-refractivity contribution is -0.121. The van der Waals surface area contributed by atoms with E-state index < -0.39 is 0 Å². The number of benzene rings is 2. The number of hydrogen-bond acceptors (Lipinski definition) is 3. The van der Waals surface area contributed by atoms with Gasteiger partial charge in [-0.25, -0.2) is 4.98 Å². The summed E-state index contributed by atoms with van der Waals surface area (Å²) in [6, 6.07) is 17.8. The van der Waals surface area contributed by atoms with Gasteiger partial charge in [0.05, 0.1) is 11.0 Å². The summed E-state index contributed by atoms with van der Waals surface area (Å²) in [5.41, 5.74) is 2.85. The van der Waals surface area contributed by atoms with Crippen molar-refractivity contribution in [1.82, 2.24) is 14.9 Å². The molecule has 3 rings (SSSR count). The number of nitrogens with one attached hydrogen (secondary N) is 1. The van der Waals surface area contributed by atoms with E-state index in [1.807, 2.05) is 59.2 Å². The molecule has 3 aromatic rings. The van der Waals surface area contributed by atoms with Crippen molar-refractivity contribution in [3.63, 3.8) is 0 Å². The topological polar surface area (TPSA) is 56.1 Å². The summed E-state index contributed by atoms with van der Waals surface area (Å²) in [5, 5.41) is 2.93. The van der Waals surface area contributed by atoms with Crippen LogP contribution in [0.25, 0.3) is 22.4 Å². The zero-order valence-electron chi connectivity index (χ0n) is 13.7. The van der Waals surface area contributed by atoms with Crippen LogP contribution in [-0.2, 0) is 16.1 Å². The molecule has 1 N–H and O–H groups in total. The first-order valence-corrected chi connectivity index (χ1v) is 8.06. The second-order valence-electron chi connectivity index (χ2n) is 5.57. The maximum absolute atomic E-state index is 12.3. The van der Waals surface area contributed by atoms with Crippen molar-refractivity contribution in [2.45, 2.75) is 13.0 Å². The molecule has 1 amide bonds. The van der Waals surface area contributed by atoms with E-state index in [4.69, 9.17) is 9.72 Å². The first-order chi connectivity index (χ1) is 11.8. The zero-order chi connectivity index (χ0) is 16.8. The van der Waals surface area contributed by atoms with E-state index in [0.29, 0.717) is 13.2 Å². The van der Waals surface area contributed by atoms with Crippen LogP contribution < -0.4 is 5.32 Å². The Bertz CT molecular complexity index is 812. The number of para-hydroxylation sites is 2. The van der Waals surface area contributed by atoms with Crippen LogP contribution in [0.2, 0.25) is 0 Å². The summed E-state index contributed by atoms with van der Waals surface area (Å²) in [5.74, 6) is 0.787. The number of rotatable bonds is 7. The summed E-state index contributed by atoms with van der Waals surface area (Å²) in [4.78, 5) is 17.0. The molecular formula is C19H21N3O2. The lowest BCUT2D eigenvalue weighted by atomic mass is 10.2. The van der Waals surface area contributed by atoms with Crippen LogP contribution in [0.3, 0.4) is 0 Å². The van der Waals surface area contributed by atoms with Crippen LogP contribution >= 0.6 is 0 Å². The van der Waals surface area contributed by atoms with Crippen LogP contribution in [-0.4, -0.2) is 35.7 Å². The third-order valence-electron chi connectivity index (χ3n) is 3.84. The van der Waals surface area contributed by atoms with Crippen LogP contribution in [0.1, 0.15) is 6.42 Å². The number of hydrogen-bond donors (Lipinski definition) is 1. The third kappa shape index (κ3) is 3.63. The summed E-state index contributed by atoms with van der Waals surface area (Å²) >= 11 is 0. The van der Waals surface area contributed by atoms with Gasteiger partial charge in [0.1, 0.15) is 12.4 Å². The average molecular weight is 323 g/mol.